The highest BCUT2D eigenvalue weighted by Gasteiger charge is 2.17. The smallest absolute Gasteiger partial charge is 0.338 e. The number of nitrogens with one attached hydrogen (secondary N) is 2. The van der Waals surface area contributed by atoms with Crippen LogP contribution in [-0.4, -0.2) is 45.8 Å². The molecule has 0 fully saturated rings. The summed E-state index contributed by atoms with van der Waals surface area (Å²) in [5, 5.41) is 2.73. The van der Waals surface area contributed by atoms with Gasteiger partial charge < -0.3 is 10.1 Å². The predicted octanol–water partition coefficient (Wildman–Crippen LogP) is 2.09. The third kappa shape index (κ3) is 7.62. The quantitative estimate of drug-likeness (QED) is 0.310. The van der Waals surface area contributed by atoms with Gasteiger partial charge in [0.05, 0.1) is 10.5 Å². The highest BCUT2D eigenvalue weighted by Crippen LogP contribution is 2.13. The summed E-state index contributed by atoms with van der Waals surface area (Å²) in [7, 11) is -3.70. The zero-order valence-electron chi connectivity index (χ0n) is 17.5. The number of amides is 1. The molecule has 0 aromatic heterocycles. The van der Waals surface area contributed by atoms with Crippen LogP contribution in [0.4, 0.5) is 0 Å². The standard InChI is InChI=1S/C22H26N2O6S/c1-3-24-31(28,29)20-8-4-7-19(14-20)22(27)30-15-21(26)18-11-9-17(10-12-18)6-5-13-23-16(2)25/h4,7-12,14,24H,3,5-6,13,15H2,1-2H3,(H,23,25). The zero-order chi connectivity index (χ0) is 22.9. The molecule has 0 saturated heterocycles. The molecule has 31 heavy (non-hydrogen) atoms. The Hall–Kier alpha value is -3.04. The number of ketones is 1. The number of benzene rings is 2. The van der Waals surface area contributed by atoms with Crippen molar-refractivity contribution in [1.82, 2.24) is 10.0 Å². The molecule has 0 bridgehead atoms. The van der Waals surface area contributed by atoms with Crippen molar-refractivity contribution < 1.29 is 27.5 Å². The maximum atomic E-state index is 12.3. The largest absolute Gasteiger partial charge is 0.454 e. The lowest BCUT2D eigenvalue weighted by Gasteiger charge is -2.08. The third-order valence-electron chi connectivity index (χ3n) is 4.34. The van der Waals surface area contributed by atoms with E-state index in [9.17, 15) is 22.8 Å². The molecule has 2 N–H and O–H groups in total. The fourth-order valence-electron chi connectivity index (χ4n) is 2.78. The Morgan fingerprint density at radius 2 is 1.71 bits per heavy atom. The molecule has 0 aliphatic heterocycles. The van der Waals surface area contributed by atoms with Gasteiger partial charge in [0.2, 0.25) is 15.9 Å². The normalized spacial score (nSPS) is 11.0. The average molecular weight is 447 g/mol. The molecule has 166 valence electrons. The third-order valence-corrected chi connectivity index (χ3v) is 5.88. The summed E-state index contributed by atoms with van der Waals surface area (Å²) in [6.45, 7) is 3.47. The van der Waals surface area contributed by atoms with Gasteiger partial charge in [0, 0.05) is 25.6 Å². The lowest BCUT2D eigenvalue weighted by Crippen LogP contribution is -2.23. The van der Waals surface area contributed by atoms with Crippen molar-refractivity contribution in [3.63, 3.8) is 0 Å². The topological polar surface area (TPSA) is 119 Å². The summed E-state index contributed by atoms with van der Waals surface area (Å²) in [5.41, 5.74) is 1.47. The van der Waals surface area contributed by atoms with Crippen molar-refractivity contribution in [2.45, 2.75) is 31.6 Å². The first-order valence-electron chi connectivity index (χ1n) is 9.86. The second-order valence-corrected chi connectivity index (χ2v) is 8.58. The summed E-state index contributed by atoms with van der Waals surface area (Å²) in [5.74, 6) is -1.22. The fourth-order valence-corrected chi connectivity index (χ4v) is 3.86. The maximum Gasteiger partial charge on any atom is 0.338 e. The molecule has 0 aliphatic rings. The molecule has 0 spiro atoms. The molecule has 0 atom stereocenters. The average Bonchev–Trinajstić information content (AvgIpc) is 2.75. The van der Waals surface area contributed by atoms with Gasteiger partial charge in [-0.15, -0.1) is 0 Å². The summed E-state index contributed by atoms with van der Waals surface area (Å²) >= 11 is 0. The molecule has 0 aliphatic carbocycles. The summed E-state index contributed by atoms with van der Waals surface area (Å²) in [6, 6.07) is 12.4. The Morgan fingerprint density at radius 3 is 2.35 bits per heavy atom. The number of aryl methyl sites for hydroxylation is 1. The maximum absolute atomic E-state index is 12.3. The number of carbonyl (C=O) groups excluding carboxylic acids is 3. The molecule has 2 aromatic rings. The van der Waals surface area contributed by atoms with Crippen LogP contribution in [0.2, 0.25) is 0 Å². The number of hydrogen-bond acceptors (Lipinski definition) is 6. The Labute approximate surface area is 182 Å². The molecule has 0 unspecified atom stereocenters. The van der Waals surface area contributed by atoms with Gasteiger partial charge in [-0.05, 0) is 36.6 Å². The van der Waals surface area contributed by atoms with Gasteiger partial charge in [-0.3, -0.25) is 9.59 Å². The number of sulfonamides is 1. The van der Waals surface area contributed by atoms with Crippen molar-refractivity contribution in [2.24, 2.45) is 0 Å². The lowest BCUT2D eigenvalue weighted by molar-refractivity contribution is -0.118. The minimum Gasteiger partial charge on any atom is -0.454 e. The fraction of sp³-hybridized carbons (Fsp3) is 0.318. The van der Waals surface area contributed by atoms with Crippen LogP contribution >= 0.6 is 0 Å². The van der Waals surface area contributed by atoms with Gasteiger partial charge in [0.25, 0.3) is 0 Å². The van der Waals surface area contributed by atoms with E-state index in [1.807, 2.05) is 12.1 Å². The van der Waals surface area contributed by atoms with E-state index >= 15 is 0 Å². The SMILES string of the molecule is CCNS(=O)(=O)c1cccc(C(=O)OCC(=O)c2ccc(CCCNC(C)=O)cc2)c1. The predicted molar refractivity (Wildman–Crippen MR) is 115 cm³/mol. The van der Waals surface area contributed by atoms with Gasteiger partial charge in [-0.25, -0.2) is 17.9 Å². The molecule has 9 heteroatoms. The van der Waals surface area contributed by atoms with Crippen LogP contribution in [0, 0.1) is 0 Å². The zero-order valence-corrected chi connectivity index (χ0v) is 18.3. The van der Waals surface area contributed by atoms with E-state index in [4.69, 9.17) is 4.74 Å². The number of rotatable bonds is 11. The van der Waals surface area contributed by atoms with E-state index < -0.39 is 22.6 Å². The van der Waals surface area contributed by atoms with E-state index in [-0.39, 0.29) is 28.7 Å². The summed E-state index contributed by atoms with van der Waals surface area (Å²) < 4.78 is 31.5. The Morgan fingerprint density at radius 1 is 1.00 bits per heavy atom. The van der Waals surface area contributed by atoms with E-state index in [1.165, 1.54) is 31.2 Å². The molecule has 2 rings (SSSR count). The second kappa shape index (κ2) is 11.4. The highest BCUT2D eigenvalue weighted by molar-refractivity contribution is 7.89. The molecule has 0 radical (unpaired) electrons. The molecule has 0 heterocycles. The van der Waals surface area contributed by atoms with Crippen LogP contribution in [0.5, 0.6) is 0 Å². The molecule has 2 aromatic carbocycles. The molecule has 1 amide bonds. The van der Waals surface area contributed by atoms with Crippen molar-refractivity contribution in [3.8, 4) is 0 Å². The van der Waals surface area contributed by atoms with Crippen LogP contribution in [0.3, 0.4) is 0 Å². The lowest BCUT2D eigenvalue weighted by atomic mass is 10.1. The van der Waals surface area contributed by atoms with E-state index in [2.05, 4.69) is 10.0 Å². The number of Topliss-reactive ketones (excluding diaryl/α,β-unsaturated/α-hetero) is 1. The van der Waals surface area contributed by atoms with Crippen LogP contribution in [-0.2, 0) is 26.0 Å². The number of esters is 1. The Kier molecular flexibility index (Phi) is 8.89. The Bertz CT molecular complexity index is 1030. The van der Waals surface area contributed by atoms with E-state index in [0.717, 1.165) is 18.4 Å². The monoisotopic (exact) mass is 446 g/mol. The minimum absolute atomic E-state index is 0.0429. The first-order valence-corrected chi connectivity index (χ1v) is 11.3. The van der Waals surface area contributed by atoms with Gasteiger partial charge in [0.15, 0.2) is 12.4 Å². The number of carbonyl (C=O) groups is 3. The van der Waals surface area contributed by atoms with Crippen LogP contribution in [0.25, 0.3) is 0 Å². The number of hydrogen-bond donors (Lipinski definition) is 2. The van der Waals surface area contributed by atoms with Crippen molar-refractivity contribution in [2.75, 3.05) is 19.7 Å². The summed E-state index contributed by atoms with van der Waals surface area (Å²) in [6.07, 6.45) is 1.54. The van der Waals surface area contributed by atoms with Gasteiger partial charge in [-0.1, -0.05) is 37.3 Å². The second-order valence-electron chi connectivity index (χ2n) is 6.81. The van der Waals surface area contributed by atoms with E-state index in [1.54, 1.807) is 19.1 Å². The van der Waals surface area contributed by atoms with Crippen molar-refractivity contribution in [3.05, 3.63) is 65.2 Å². The Balaban J connectivity index is 1.91. The first-order chi connectivity index (χ1) is 14.7. The van der Waals surface area contributed by atoms with Gasteiger partial charge in [-0.2, -0.15) is 0 Å². The summed E-state index contributed by atoms with van der Waals surface area (Å²) in [4.78, 5) is 35.4. The highest BCUT2D eigenvalue weighted by atomic mass is 32.2. The van der Waals surface area contributed by atoms with Gasteiger partial charge >= 0.3 is 5.97 Å². The molecular formula is C22H26N2O6S. The first kappa shape index (κ1) is 24.2. The van der Waals surface area contributed by atoms with Crippen LogP contribution < -0.4 is 10.0 Å². The van der Waals surface area contributed by atoms with Crippen molar-refractivity contribution >= 4 is 27.7 Å². The minimum atomic E-state index is -3.70. The van der Waals surface area contributed by atoms with Crippen LogP contribution in [0.1, 0.15) is 46.5 Å². The van der Waals surface area contributed by atoms with E-state index in [0.29, 0.717) is 12.1 Å². The molecule has 8 nitrogen and oxygen atoms in total. The van der Waals surface area contributed by atoms with Crippen LogP contribution in [0.15, 0.2) is 53.4 Å². The van der Waals surface area contributed by atoms with Crippen molar-refractivity contribution in [1.29, 1.82) is 0 Å². The number of ether oxygens (including phenoxy) is 1. The molecule has 0 saturated carbocycles. The molecular weight excluding hydrogens is 420 g/mol. The van der Waals surface area contributed by atoms with Gasteiger partial charge in [0.1, 0.15) is 0 Å².